The van der Waals surface area contributed by atoms with Gasteiger partial charge in [0.15, 0.2) is 0 Å². The van der Waals surface area contributed by atoms with Crippen LogP contribution in [-0.4, -0.2) is 0 Å². The summed E-state index contributed by atoms with van der Waals surface area (Å²) in [6.45, 7) is 4.44. The SMILES string of the molecule is Cc1ccc(C2(C)Sc3ccccc32)cc1. The van der Waals surface area contributed by atoms with E-state index >= 15 is 0 Å². The summed E-state index contributed by atoms with van der Waals surface area (Å²) in [5.74, 6) is 0. The fourth-order valence-corrected chi connectivity index (χ4v) is 3.62. The van der Waals surface area contributed by atoms with Crippen LogP contribution in [0.25, 0.3) is 0 Å². The molecule has 0 nitrogen and oxygen atoms in total. The van der Waals surface area contributed by atoms with Gasteiger partial charge < -0.3 is 0 Å². The van der Waals surface area contributed by atoms with Crippen molar-refractivity contribution in [3.63, 3.8) is 0 Å². The van der Waals surface area contributed by atoms with Gasteiger partial charge in [-0.3, -0.25) is 0 Å². The minimum Gasteiger partial charge on any atom is -0.110 e. The molecule has 3 rings (SSSR count). The molecule has 1 atom stereocenters. The second-order valence-electron chi connectivity index (χ2n) is 4.50. The molecule has 80 valence electrons. The van der Waals surface area contributed by atoms with E-state index in [9.17, 15) is 0 Å². The highest BCUT2D eigenvalue weighted by Gasteiger charge is 2.40. The summed E-state index contributed by atoms with van der Waals surface area (Å²) in [7, 11) is 0. The van der Waals surface area contributed by atoms with Crippen molar-refractivity contribution in [2.75, 3.05) is 0 Å². The highest BCUT2D eigenvalue weighted by atomic mass is 32.2. The van der Waals surface area contributed by atoms with Crippen LogP contribution in [0.1, 0.15) is 23.6 Å². The molecule has 1 unspecified atom stereocenters. The molecule has 0 bridgehead atoms. The lowest BCUT2D eigenvalue weighted by atomic mass is 9.90. The molecule has 0 N–H and O–H groups in total. The lowest BCUT2D eigenvalue weighted by molar-refractivity contribution is 0.775. The summed E-state index contributed by atoms with van der Waals surface area (Å²) in [5.41, 5.74) is 4.19. The topological polar surface area (TPSA) is 0 Å². The van der Waals surface area contributed by atoms with Gasteiger partial charge in [-0.25, -0.2) is 0 Å². The van der Waals surface area contributed by atoms with Gasteiger partial charge >= 0.3 is 0 Å². The van der Waals surface area contributed by atoms with E-state index in [1.807, 2.05) is 11.8 Å². The van der Waals surface area contributed by atoms with Crippen LogP contribution in [0, 0.1) is 6.92 Å². The minimum atomic E-state index is 0.157. The first-order valence-corrected chi connectivity index (χ1v) is 6.37. The summed E-state index contributed by atoms with van der Waals surface area (Å²) in [4.78, 5) is 1.42. The Balaban J connectivity index is 2.07. The molecule has 1 aliphatic heterocycles. The summed E-state index contributed by atoms with van der Waals surface area (Å²) < 4.78 is 0.157. The van der Waals surface area contributed by atoms with Crippen LogP contribution in [0.5, 0.6) is 0 Å². The van der Waals surface area contributed by atoms with Crippen molar-refractivity contribution >= 4 is 11.8 Å². The van der Waals surface area contributed by atoms with Crippen molar-refractivity contribution in [3.8, 4) is 0 Å². The fourth-order valence-electron chi connectivity index (χ4n) is 2.26. The van der Waals surface area contributed by atoms with E-state index in [-0.39, 0.29) is 4.75 Å². The van der Waals surface area contributed by atoms with E-state index < -0.39 is 0 Å². The van der Waals surface area contributed by atoms with Gasteiger partial charge in [0.25, 0.3) is 0 Å². The van der Waals surface area contributed by atoms with Crippen LogP contribution < -0.4 is 0 Å². The monoisotopic (exact) mass is 226 g/mol. The predicted octanol–water partition coefficient (Wildman–Crippen LogP) is 4.36. The van der Waals surface area contributed by atoms with Gasteiger partial charge in [0.05, 0.1) is 4.75 Å². The van der Waals surface area contributed by atoms with Gasteiger partial charge in [0.1, 0.15) is 0 Å². The van der Waals surface area contributed by atoms with Crippen LogP contribution in [-0.2, 0) is 4.75 Å². The number of hydrogen-bond donors (Lipinski definition) is 0. The Kier molecular flexibility index (Phi) is 2.11. The van der Waals surface area contributed by atoms with E-state index in [2.05, 4.69) is 62.4 Å². The smallest absolute Gasteiger partial charge is 0.0686 e. The third-order valence-corrected chi connectivity index (χ3v) is 4.76. The Bertz CT molecular complexity index is 527. The maximum Gasteiger partial charge on any atom is 0.0686 e. The highest BCUT2D eigenvalue weighted by Crippen LogP contribution is 2.57. The van der Waals surface area contributed by atoms with E-state index in [1.54, 1.807) is 0 Å². The van der Waals surface area contributed by atoms with Crippen molar-refractivity contribution in [2.24, 2.45) is 0 Å². The molecule has 0 radical (unpaired) electrons. The van der Waals surface area contributed by atoms with E-state index in [0.29, 0.717) is 0 Å². The first-order chi connectivity index (χ1) is 7.70. The van der Waals surface area contributed by atoms with Crippen molar-refractivity contribution in [1.29, 1.82) is 0 Å². The molecule has 0 saturated heterocycles. The van der Waals surface area contributed by atoms with Crippen molar-refractivity contribution in [2.45, 2.75) is 23.5 Å². The predicted molar refractivity (Wildman–Crippen MR) is 69.9 cm³/mol. The Hall–Kier alpha value is -1.21. The molecule has 0 aliphatic carbocycles. The molecule has 0 spiro atoms. The minimum absolute atomic E-state index is 0.157. The Morgan fingerprint density at radius 1 is 0.938 bits per heavy atom. The fraction of sp³-hybridized carbons (Fsp3) is 0.200. The highest BCUT2D eigenvalue weighted by molar-refractivity contribution is 8.02. The van der Waals surface area contributed by atoms with Crippen LogP contribution in [0.4, 0.5) is 0 Å². The summed E-state index contributed by atoms with van der Waals surface area (Å²) in [6, 6.07) is 17.6. The average molecular weight is 226 g/mol. The van der Waals surface area contributed by atoms with Gasteiger partial charge in [-0.2, -0.15) is 0 Å². The van der Waals surface area contributed by atoms with E-state index in [0.717, 1.165) is 0 Å². The first-order valence-electron chi connectivity index (χ1n) is 5.56. The maximum atomic E-state index is 2.31. The first kappa shape index (κ1) is 9.98. The second-order valence-corrected chi connectivity index (χ2v) is 5.96. The number of thioether (sulfide) groups is 1. The zero-order valence-electron chi connectivity index (χ0n) is 9.53. The van der Waals surface area contributed by atoms with Gasteiger partial charge in [-0.05, 0) is 31.0 Å². The molecule has 16 heavy (non-hydrogen) atoms. The molecule has 0 saturated carbocycles. The maximum absolute atomic E-state index is 2.31. The number of benzene rings is 2. The van der Waals surface area contributed by atoms with Crippen LogP contribution >= 0.6 is 11.8 Å². The molecule has 2 aromatic carbocycles. The Labute approximate surface area is 101 Å². The number of hydrogen-bond acceptors (Lipinski definition) is 1. The lowest BCUT2D eigenvalue weighted by Gasteiger charge is -2.40. The van der Waals surface area contributed by atoms with E-state index in [4.69, 9.17) is 0 Å². The summed E-state index contributed by atoms with van der Waals surface area (Å²) in [6.07, 6.45) is 0. The Morgan fingerprint density at radius 3 is 2.31 bits per heavy atom. The largest absolute Gasteiger partial charge is 0.110 e. The standard InChI is InChI=1S/C15H14S/c1-11-7-9-12(10-8-11)15(2)13-5-3-4-6-14(13)16-15/h3-10H,1-2H3. The molecule has 0 amide bonds. The van der Waals surface area contributed by atoms with Gasteiger partial charge in [-0.15, -0.1) is 11.8 Å². The number of fused-ring (bicyclic) bond motifs is 1. The zero-order valence-corrected chi connectivity index (χ0v) is 10.3. The average Bonchev–Trinajstić information content (AvgIpc) is 2.28. The van der Waals surface area contributed by atoms with E-state index in [1.165, 1.54) is 21.6 Å². The van der Waals surface area contributed by atoms with Gasteiger partial charge in [0, 0.05) is 4.90 Å². The molecule has 1 heteroatoms. The van der Waals surface area contributed by atoms with Gasteiger partial charge in [0.2, 0.25) is 0 Å². The van der Waals surface area contributed by atoms with Crippen molar-refractivity contribution < 1.29 is 0 Å². The summed E-state index contributed by atoms with van der Waals surface area (Å²) >= 11 is 1.96. The third-order valence-electron chi connectivity index (χ3n) is 3.32. The number of aryl methyl sites for hydroxylation is 1. The molecule has 1 heterocycles. The molecule has 2 aromatic rings. The second kappa shape index (κ2) is 3.39. The lowest BCUT2D eigenvalue weighted by Crippen LogP contribution is -2.27. The zero-order chi connectivity index (χ0) is 11.2. The molecular weight excluding hydrogens is 212 g/mol. The van der Waals surface area contributed by atoms with Crippen molar-refractivity contribution in [3.05, 3.63) is 65.2 Å². The third kappa shape index (κ3) is 1.31. The van der Waals surface area contributed by atoms with Crippen LogP contribution in [0.2, 0.25) is 0 Å². The van der Waals surface area contributed by atoms with Gasteiger partial charge in [-0.1, -0.05) is 48.0 Å². The van der Waals surface area contributed by atoms with Crippen LogP contribution in [0.15, 0.2) is 53.4 Å². The number of rotatable bonds is 1. The van der Waals surface area contributed by atoms with Crippen LogP contribution in [0.3, 0.4) is 0 Å². The molecule has 0 fully saturated rings. The molecular formula is C15H14S. The van der Waals surface area contributed by atoms with Crippen molar-refractivity contribution in [1.82, 2.24) is 0 Å². The Morgan fingerprint density at radius 2 is 1.62 bits per heavy atom. The quantitative estimate of drug-likeness (QED) is 0.696. The normalized spacial score (nSPS) is 22.4. The molecule has 0 aromatic heterocycles. The summed E-state index contributed by atoms with van der Waals surface area (Å²) in [5, 5.41) is 0. The molecule has 1 aliphatic rings.